The lowest BCUT2D eigenvalue weighted by molar-refractivity contribution is 0.174. The fourth-order valence-electron chi connectivity index (χ4n) is 1.51. The van der Waals surface area contributed by atoms with Gasteiger partial charge < -0.3 is 9.47 Å². The van der Waals surface area contributed by atoms with Crippen molar-refractivity contribution >= 4 is 0 Å². The first-order chi connectivity index (χ1) is 6.90. The van der Waals surface area contributed by atoms with Gasteiger partial charge >= 0.3 is 0 Å². The Labute approximate surface area is 84.2 Å². The molecule has 0 N–H and O–H groups in total. The zero-order chi connectivity index (χ0) is 9.80. The van der Waals surface area contributed by atoms with Gasteiger partial charge in [0.05, 0.1) is 0 Å². The molecule has 0 amide bonds. The van der Waals surface area contributed by atoms with Gasteiger partial charge in [-0.25, -0.2) is 0 Å². The van der Waals surface area contributed by atoms with Crippen LogP contribution in [0.4, 0.5) is 0 Å². The first-order valence-corrected chi connectivity index (χ1v) is 4.90. The van der Waals surface area contributed by atoms with Gasteiger partial charge in [0, 0.05) is 0 Å². The van der Waals surface area contributed by atoms with Crippen LogP contribution in [0.25, 0.3) is 0 Å². The Morgan fingerprint density at radius 2 is 2.14 bits per heavy atom. The summed E-state index contributed by atoms with van der Waals surface area (Å²) in [5.41, 5.74) is 1.30. The summed E-state index contributed by atoms with van der Waals surface area (Å²) in [6.07, 6.45) is 6.38. The van der Waals surface area contributed by atoms with Crippen molar-refractivity contribution in [3.05, 3.63) is 35.9 Å². The molecule has 2 heteroatoms. The molecule has 1 aliphatic rings. The molecule has 1 heterocycles. The molecule has 14 heavy (non-hydrogen) atoms. The number of benzene rings is 1. The van der Waals surface area contributed by atoms with Gasteiger partial charge in [-0.2, -0.15) is 0 Å². The minimum absolute atomic E-state index is 0.355. The van der Waals surface area contributed by atoms with Gasteiger partial charge in [-0.05, 0) is 37.5 Å². The summed E-state index contributed by atoms with van der Waals surface area (Å²) in [6.45, 7) is 2.40. The number of allylic oxidation sites excluding steroid dienone is 2. The highest BCUT2D eigenvalue weighted by Gasteiger charge is 2.12. The van der Waals surface area contributed by atoms with Crippen LogP contribution in [-0.2, 0) is 6.42 Å². The number of hydrogen-bond acceptors (Lipinski definition) is 2. The van der Waals surface area contributed by atoms with E-state index in [0.29, 0.717) is 6.79 Å². The van der Waals surface area contributed by atoms with Crippen LogP contribution in [0, 0.1) is 0 Å². The van der Waals surface area contributed by atoms with E-state index in [9.17, 15) is 0 Å². The molecule has 2 nitrogen and oxygen atoms in total. The maximum absolute atomic E-state index is 5.31. The second kappa shape index (κ2) is 4.18. The van der Waals surface area contributed by atoms with Crippen molar-refractivity contribution in [3.8, 4) is 11.5 Å². The fourth-order valence-corrected chi connectivity index (χ4v) is 1.51. The Balaban J connectivity index is 2.05. The maximum atomic E-state index is 5.31. The summed E-state index contributed by atoms with van der Waals surface area (Å²) in [5.74, 6) is 1.74. The number of hydrogen-bond donors (Lipinski definition) is 0. The van der Waals surface area contributed by atoms with Crippen LogP contribution in [0.15, 0.2) is 30.4 Å². The van der Waals surface area contributed by atoms with Gasteiger partial charge in [0.25, 0.3) is 0 Å². The Morgan fingerprint density at radius 3 is 3.00 bits per heavy atom. The molecule has 2 rings (SSSR count). The summed E-state index contributed by atoms with van der Waals surface area (Å²) in [4.78, 5) is 0. The van der Waals surface area contributed by atoms with E-state index < -0.39 is 0 Å². The minimum Gasteiger partial charge on any atom is -0.454 e. The van der Waals surface area contributed by atoms with Gasteiger partial charge in [0.2, 0.25) is 6.79 Å². The van der Waals surface area contributed by atoms with E-state index in [1.54, 1.807) is 0 Å². The van der Waals surface area contributed by atoms with Crippen molar-refractivity contribution in [3.63, 3.8) is 0 Å². The third kappa shape index (κ3) is 1.90. The predicted molar refractivity (Wildman–Crippen MR) is 55.7 cm³/mol. The topological polar surface area (TPSA) is 18.5 Å². The molecule has 74 valence electrons. The first-order valence-electron chi connectivity index (χ1n) is 4.90. The number of ether oxygens (including phenoxy) is 2. The van der Waals surface area contributed by atoms with Crippen LogP contribution in [0.5, 0.6) is 11.5 Å². The van der Waals surface area contributed by atoms with Crippen molar-refractivity contribution in [2.45, 2.75) is 19.8 Å². The van der Waals surface area contributed by atoms with E-state index in [4.69, 9.17) is 9.47 Å². The molecule has 1 aromatic rings. The van der Waals surface area contributed by atoms with E-state index >= 15 is 0 Å². The Bertz CT molecular complexity index is 342. The monoisotopic (exact) mass is 190 g/mol. The van der Waals surface area contributed by atoms with Gasteiger partial charge in [-0.1, -0.05) is 18.2 Å². The van der Waals surface area contributed by atoms with E-state index in [2.05, 4.69) is 24.3 Å². The summed E-state index contributed by atoms with van der Waals surface area (Å²) in [5, 5.41) is 0. The van der Waals surface area contributed by atoms with Crippen molar-refractivity contribution < 1.29 is 9.47 Å². The maximum Gasteiger partial charge on any atom is 0.231 e. The van der Waals surface area contributed by atoms with Gasteiger partial charge in [0.15, 0.2) is 11.5 Å². The Hall–Kier alpha value is -1.44. The molecule has 0 unspecified atom stereocenters. The van der Waals surface area contributed by atoms with Crippen molar-refractivity contribution in [1.82, 2.24) is 0 Å². The Kier molecular flexibility index (Phi) is 2.73. The molecule has 0 fully saturated rings. The molecule has 0 saturated heterocycles. The molecule has 0 atom stereocenters. The zero-order valence-corrected chi connectivity index (χ0v) is 8.32. The molecule has 0 bridgehead atoms. The van der Waals surface area contributed by atoms with E-state index in [0.717, 1.165) is 24.3 Å². The van der Waals surface area contributed by atoms with E-state index in [-0.39, 0.29) is 0 Å². The predicted octanol–water partition coefficient (Wildman–Crippen LogP) is 2.92. The molecular weight excluding hydrogens is 176 g/mol. The highest BCUT2D eigenvalue weighted by Crippen LogP contribution is 2.32. The van der Waals surface area contributed by atoms with Crippen molar-refractivity contribution in [2.75, 3.05) is 6.79 Å². The third-order valence-corrected chi connectivity index (χ3v) is 2.27. The number of rotatable bonds is 3. The molecule has 0 radical (unpaired) electrons. The van der Waals surface area contributed by atoms with Gasteiger partial charge in [-0.3, -0.25) is 0 Å². The minimum atomic E-state index is 0.355. The largest absolute Gasteiger partial charge is 0.454 e. The lowest BCUT2D eigenvalue weighted by Gasteiger charge is -2.00. The van der Waals surface area contributed by atoms with Crippen molar-refractivity contribution in [1.29, 1.82) is 0 Å². The molecule has 0 saturated carbocycles. The average molecular weight is 190 g/mol. The zero-order valence-electron chi connectivity index (χ0n) is 8.32. The van der Waals surface area contributed by atoms with E-state index in [1.165, 1.54) is 5.56 Å². The first kappa shape index (κ1) is 9.13. The summed E-state index contributed by atoms with van der Waals surface area (Å²) >= 11 is 0. The summed E-state index contributed by atoms with van der Waals surface area (Å²) < 4.78 is 10.5. The van der Waals surface area contributed by atoms with Crippen LogP contribution in [-0.4, -0.2) is 6.79 Å². The molecule has 0 aliphatic carbocycles. The second-order valence-corrected chi connectivity index (χ2v) is 3.30. The lowest BCUT2D eigenvalue weighted by Crippen LogP contribution is -1.92. The SMILES string of the molecule is C/C=C/CCc1ccc2c(c1)OCO2. The fraction of sp³-hybridized carbons (Fsp3) is 0.333. The molecule has 1 aliphatic heterocycles. The quantitative estimate of drug-likeness (QED) is 0.682. The van der Waals surface area contributed by atoms with Crippen molar-refractivity contribution in [2.24, 2.45) is 0 Å². The number of fused-ring (bicyclic) bond motifs is 1. The third-order valence-electron chi connectivity index (χ3n) is 2.27. The Morgan fingerprint density at radius 1 is 1.29 bits per heavy atom. The lowest BCUT2D eigenvalue weighted by atomic mass is 10.1. The normalized spacial score (nSPS) is 13.8. The molecule has 0 aromatic heterocycles. The van der Waals surface area contributed by atoms with Crippen LogP contribution in [0.2, 0.25) is 0 Å². The van der Waals surface area contributed by atoms with Crippen LogP contribution in [0.3, 0.4) is 0 Å². The second-order valence-electron chi connectivity index (χ2n) is 3.30. The highest BCUT2D eigenvalue weighted by atomic mass is 16.7. The smallest absolute Gasteiger partial charge is 0.231 e. The average Bonchev–Trinajstić information content (AvgIpc) is 2.65. The standard InChI is InChI=1S/C12H14O2/c1-2-3-4-5-10-6-7-11-12(8-10)14-9-13-11/h2-3,6-8H,4-5,9H2,1H3/b3-2+. The van der Waals surface area contributed by atoms with E-state index in [1.807, 2.05) is 13.0 Å². The van der Waals surface area contributed by atoms with Crippen LogP contribution >= 0.6 is 0 Å². The van der Waals surface area contributed by atoms with Crippen LogP contribution < -0.4 is 9.47 Å². The molecule has 0 spiro atoms. The number of aryl methyl sites for hydroxylation is 1. The summed E-state index contributed by atoms with van der Waals surface area (Å²) in [6, 6.07) is 6.14. The molecular formula is C12H14O2. The van der Waals surface area contributed by atoms with Gasteiger partial charge in [-0.15, -0.1) is 0 Å². The summed E-state index contributed by atoms with van der Waals surface area (Å²) in [7, 11) is 0. The van der Waals surface area contributed by atoms with Crippen LogP contribution in [0.1, 0.15) is 18.9 Å². The van der Waals surface area contributed by atoms with Gasteiger partial charge in [0.1, 0.15) is 0 Å². The molecule has 1 aromatic carbocycles. The highest BCUT2D eigenvalue weighted by molar-refractivity contribution is 5.44.